The van der Waals surface area contributed by atoms with Gasteiger partial charge in [0, 0.05) is 16.7 Å². The van der Waals surface area contributed by atoms with Gasteiger partial charge in [-0.15, -0.1) is 0 Å². The quantitative estimate of drug-likeness (QED) is 0.341. The Kier molecular flexibility index (Phi) is 9.19. The topological polar surface area (TPSA) is 92.8 Å². The molecule has 3 aromatic rings. The van der Waals surface area contributed by atoms with E-state index < -0.39 is 0 Å². The molecule has 41 heavy (non-hydrogen) atoms. The van der Waals surface area contributed by atoms with E-state index in [1.54, 1.807) is 88.0 Å². The van der Waals surface area contributed by atoms with E-state index in [0.29, 0.717) is 51.2 Å². The monoisotopic (exact) mass is 559 g/mol. The first-order chi connectivity index (χ1) is 19.8. The second-order valence-corrected chi connectivity index (χ2v) is 9.13. The first kappa shape index (κ1) is 29.1. The fraction of sp³-hybridized carbons (Fsp3) is 0.250. The van der Waals surface area contributed by atoms with Crippen LogP contribution in [0.2, 0.25) is 0 Å². The first-order valence-corrected chi connectivity index (χ1v) is 12.8. The van der Waals surface area contributed by atoms with E-state index in [1.807, 2.05) is 12.1 Å². The number of nitrogens with zero attached hydrogens (tertiary/aromatic N) is 1. The number of piperidine rings is 1. The number of amides is 1. The molecule has 0 aliphatic carbocycles. The molecule has 4 rings (SSSR count). The van der Waals surface area contributed by atoms with Crippen LogP contribution in [0, 0.1) is 0 Å². The number of rotatable bonds is 9. The fourth-order valence-corrected chi connectivity index (χ4v) is 4.62. The van der Waals surface area contributed by atoms with Gasteiger partial charge in [0.25, 0.3) is 5.91 Å². The average Bonchev–Trinajstić information content (AvgIpc) is 3.01. The summed E-state index contributed by atoms with van der Waals surface area (Å²) in [6.45, 7) is 0.229. The number of benzene rings is 3. The maximum absolute atomic E-state index is 13.8. The number of Topliss-reactive ketones (excluding diaryl/α,β-unsaturated/α-hetero) is 1. The number of carbonyl (C=O) groups excluding carboxylic acids is 2. The van der Waals surface area contributed by atoms with Gasteiger partial charge >= 0.3 is 0 Å². The highest BCUT2D eigenvalue weighted by Gasteiger charge is 2.30. The van der Waals surface area contributed by atoms with Crippen LogP contribution in [0.1, 0.15) is 21.5 Å². The summed E-state index contributed by atoms with van der Waals surface area (Å²) in [6, 6.07) is 15.8. The standard InChI is InChI=1S/C32H33NO8/c1-36-25-10-7-20(15-28(25)39-4)13-23-18-33(32(35)22-9-12-27(38-3)30(17-22)41-6)19-24(31(23)34)14-21-8-11-26(37-2)29(16-21)40-5/h7-17H,18-19H2,1-6H3. The Labute approximate surface area is 239 Å². The van der Waals surface area contributed by atoms with E-state index in [9.17, 15) is 9.59 Å². The molecule has 9 nitrogen and oxygen atoms in total. The lowest BCUT2D eigenvalue weighted by atomic mass is 9.93. The molecule has 1 heterocycles. The van der Waals surface area contributed by atoms with Gasteiger partial charge in [0.05, 0.1) is 55.7 Å². The van der Waals surface area contributed by atoms with Crippen LogP contribution in [0.4, 0.5) is 0 Å². The van der Waals surface area contributed by atoms with E-state index in [0.717, 1.165) is 11.1 Å². The Balaban J connectivity index is 1.77. The predicted octanol–water partition coefficient (Wildman–Crippen LogP) is 4.93. The molecule has 1 amide bonds. The van der Waals surface area contributed by atoms with Crippen molar-refractivity contribution in [3.63, 3.8) is 0 Å². The molecule has 1 aliphatic rings. The van der Waals surface area contributed by atoms with Crippen molar-refractivity contribution >= 4 is 23.8 Å². The number of methoxy groups -OCH3 is 6. The number of hydrogen-bond donors (Lipinski definition) is 0. The maximum Gasteiger partial charge on any atom is 0.254 e. The van der Waals surface area contributed by atoms with E-state index in [-0.39, 0.29) is 24.8 Å². The molecule has 0 N–H and O–H groups in total. The molecule has 0 atom stereocenters. The summed E-state index contributed by atoms with van der Waals surface area (Å²) in [6.07, 6.45) is 3.53. The SMILES string of the molecule is COc1ccc(C=C2CN(C(=O)c3ccc(OC)c(OC)c3)CC(=Cc3ccc(OC)c(OC)c3)C2=O)cc1OC. The molecule has 0 aromatic heterocycles. The molecule has 0 bridgehead atoms. The molecule has 1 aliphatic heterocycles. The molecule has 0 radical (unpaired) electrons. The highest BCUT2D eigenvalue weighted by Crippen LogP contribution is 2.33. The van der Waals surface area contributed by atoms with Crippen LogP contribution < -0.4 is 28.4 Å². The lowest BCUT2D eigenvalue weighted by Gasteiger charge is -2.30. The highest BCUT2D eigenvalue weighted by molar-refractivity contribution is 6.16. The lowest BCUT2D eigenvalue weighted by molar-refractivity contribution is -0.113. The second-order valence-electron chi connectivity index (χ2n) is 9.13. The van der Waals surface area contributed by atoms with Crippen molar-refractivity contribution in [2.75, 3.05) is 55.7 Å². The fourth-order valence-electron chi connectivity index (χ4n) is 4.62. The minimum absolute atomic E-state index is 0.115. The zero-order valence-corrected chi connectivity index (χ0v) is 24.0. The molecule has 214 valence electrons. The van der Waals surface area contributed by atoms with Crippen molar-refractivity contribution in [2.45, 2.75) is 0 Å². The Bertz CT molecular complexity index is 1430. The summed E-state index contributed by atoms with van der Waals surface area (Å²) in [5.41, 5.74) is 2.77. The van der Waals surface area contributed by atoms with E-state index in [4.69, 9.17) is 28.4 Å². The minimum Gasteiger partial charge on any atom is -0.493 e. The minimum atomic E-state index is -0.255. The van der Waals surface area contributed by atoms with Crippen molar-refractivity contribution in [1.82, 2.24) is 4.90 Å². The van der Waals surface area contributed by atoms with E-state index in [1.165, 1.54) is 14.2 Å². The van der Waals surface area contributed by atoms with Crippen LogP contribution >= 0.6 is 0 Å². The Morgan fingerprint density at radius 3 is 1.39 bits per heavy atom. The molecule has 0 spiro atoms. The second kappa shape index (κ2) is 13.0. The van der Waals surface area contributed by atoms with Gasteiger partial charge in [0.1, 0.15) is 0 Å². The predicted molar refractivity (Wildman–Crippen MR) is 156 cm³/mol. The summed E-state index contributed by atoms with van der Waals surface area (Å²) in [4.78, 5) is 29.1. The van der Waals surface area contributed by atoms with Crippen LogP contribution in [0.3, 0.4) is 0 Å². The molecule has 9 heteroatoms. The van der Waals surface area contributed by atoms with Crippen LogP contribution in [0.15, 0.2) is 65.7 Å². The molecule has 0 unspecified atom stereocenters. The summed E-state index contributed by atoms with van der Waals surface area (Å²) in [5.74, 6) is 2.75. The first-order valence-electron chi connectivity index (χ1n) is 12.8. The number of likely N-dealkylation sites (tertiary alicyclic amines) is 1. The normalized spacial score (nSPS) is 15.1. The number of carbonyl (C=O) groups is 2. The lowest BCUT2D eigenvalue weighted by Crippen LogP contribution is -2.41. The van der Waals surface area contributed by atoms with Gasteiger partial charge in [0.2, 0.25) is 0 Å². The van der Waals surface area contributed by atoms with Crippen molar-refractivity contribution in [1.29, 1.82) is 0 Å². The Morgan fingerprint density at radius 2 is 0.976 bits per heavy atom. The number of ether oxygens (including phenoxy) is 6. The Hall–Kier alpha value is -4.92. The van der Waals surface area contributed by atoms with Gasteiger partial charge in [0.15, 0.2) is 40.3 Å². The smallest absolute Gasteiger partial charge is 0.254 e. The van der Waals surface area contributed by atoms with Gasteiger partial charge in [-0.05, 0) is 65.7 Å². The Morgan fingerprint density at radius 1 is 0.585 bits per heavy atom. The van der Waals surface area contributed by atoms with Crippen molar-refractivity contribution in [2.24, 2.45) is 0 Å². The molecular weight excluding hydrogens is 526 g/mol. The number of hydrogen-bond acceptors (Lipinski definition) is 8. The molecule has 3 aromatic carbocycles. The third kappa shape index (κ3) is 6.30. The third-order valence-electron chi connectivity index (χ3n) is 6.72. The van der Waals surface area contributed by atoms with Gasteiger partial charge in [-0.1, -0.05) is 12.1 Å². The summed E-state index contributed by atoms with van der Waals surface area (Å²) in [7, 11) is 9.26. The molecular formula is C32H33NO8. The van der Waals surface area contributed by atoms with Crippen LogP contribution in [-0.4, -0.2) is 72.3 Å². The van der Waals surface area contributed by atoms with Crippen LogP contribution in [-0.2, 0) is 4.79 Å². The van der Waals surface area contributed by atoms with Gasteiger partial charge in [-0.2, -0.15) is 0 Å². The van der Waals surface area contributed by atoms with Gasteiger partial charge in [-0.3, -0.25) is 9.59 Å². The van der Waals surface area contributed by atoms with Crippen LogP contribution in [0.5, 0.6) is 34.5 Å². The van der Waals surface area contributed by atoms with Gasteiger partial charge in [-0.25, -0.2) is 0 Å². The zero-order valence-electron chi connectivity index (χ0n) is 24.0. The van der Waals surface area contributed by atoms with Gasteiger partial charge < -0.3 is 33.3 Å². The zero-order chi connectivity index (χ0) is 29.5. The molecule has 1 saturated heterocycles. The molecule has 0 saturated carbocycles. The third-order valence-corrected chi connectivity index (χ3v) is 6.72. The largest absolute Gasteiger partial charge is 0.493 e. The van der Waals surface area contributed by atoms with E-state index >= 15 is 0 Å². The maximum atomic E-state index is 13.8. The highest BCUT2D eigenvalue weighted by atomic mass is 16.5. The van der Waals surface area contributed by atoms with Crippen molar-refractivity contribution in [3.05, 3.63) is 82.4 Å². The average molecular weight is 560 g/mol. The summed E-state index contributed by atoms with van der Waals surface area (Å²) < 4.78 is 32.3. The van der Waals surface area contributed by atoms with E-state index in [2.05, 4.69) is 0 Å². The van der Waals surface area contributed by atoms with Crippen molar-refractivity contribution in [3.8, 4) is 34.5 Å². The summed E-state index contributed by atoms with van der Waals surface area (Å²) >= 11 is 0. The summed E-state index contributed by atoms with van der Waals surface area (Å²) in [5, 5.41) is 0. The molecule has 1 fully saturated rings. The number of ketones is 1. The van der Waals surface area contributed by atoms with Crippen molar-refractivity contribution < 1.29 is 38.0 Å². The van der Waals surface area contributed by atoms with Crippen LogP contribution in [0.25, 0.3) is 12.2 Å².